The van der Waals surface area contributed by atoms with Crippen LogP contribution in [0.2, 0.25) is 0 Å². The molecule has 2 aromatic heterocycles. The van der Waals surface area contributed by atoms with Gasteiger partial charge in [0.2, 0.25) is 0 Å². The largest absolute Gasteiger partial charge is 0.490 e. The lowest BCUT2D eigenvalue weighted by molar-refractivity contribution is -0.160. The second-order valence-corrected chi connectivity index (χ2v) is 13.6. The van der Waals surface area contributed by atoms with E-state index >= 15 is 0 Å². The fourth-order valence-corrected chi connectivity index (χ4v) is 6.41. The van der Waals surface area contributed by atoms with Crippen LogP contribution in [0.25, 0.3) is 28.0 Å². The number of rotatable bonds is 3. The van der Waals surface area contributed by atoms with Gasteiger partial charge >= 0.3 is 5.97 Å². The second-order valence-electron chi connectivity index (χ2n) is 13.6. The Morgan fingerprint density at radius 2 is 1.82 bits per heavy atom. The minimum atomic E-state index is -1.21. The maximum Gasteiger partial charge on any atom is 0.337 e. The lowest BCUT2D eigenvalue weighted by atomic mass is 9.92. The SMILES string of the molecule is Cc1nc2cc3nn2c(c1[C@H](OC(C)(C)C)C(=O)O)N1CCC(C)(CC1)OCCC[C@@H](C)Oc1ccccc1-c1cccc-3c1. The van der Waals surface area contributed by atoms with E-state index in [-0.39, 0.29) is 11.7 Å². The van der Waals surface area contributed by atoms with Gasteiger partial charge in [-0.2, -0.15) is 9.61 Å². The Balaban J connectivity index is 1.54. The first kappa shape index (κ1) is 31.0. The van der Waals surface area contributed by atoms with Crippen molar-refractivity contribution < 1.29 is 24.1 Å². The van der Waals surface area contributed by atoms with Crippen LogP contribution in [0.3, 0.4) is 0 Å². The van der Waals surface area contributed by atoms with Crippen molar-refractivity contribution in [3.63, 3.8) is 0 Å². The molecule has 3 aliphatic heterocycles. The van der Waals surface area contributed by atoms with E-state index in [1.807, 2.05) is 68.6 Å². The summed E-state index contributed by atoms with van der Waals surface area (Å²) in [6, 6.07) is 18.4. The van der Waals surface area contributed by atoms with Crippen LogP contribution in [0.1, 0.15) is 77.7 Å². The minimum absolute atomic E-state index is 0.0375. The fourth-order valence-electron chi connectivity index (χ4n) is 6.41. The highest BCUT2D eigenvalue weighted by Gasteiger charge is 2.38. The van der Waals surface area contributed by atoms with E-state index in [0.717, 1.165) is 53.8 Å². The zero-order valence-corrected chi connectivity index (χ0v) is 27.2. The monoisotopic (exact) mass is 612 g/mol. The molecule has 4 aromatic rings. The summed E-state index contributed by atoms with van der Waals surface area (Å²) in [7, 11) is 0. The van der Waals surface area contributed by atoms with Gasteiger partial charge in [-0.1, -0.05) is 36.4 Å². The highest BCUT2D eigenvalue weighted by molar-refractivity contribution is 5.80. The van der Waals surface area contributed by atoms with Gasteiger partial charge in [-0.15, -0.1) is 0 Å². The molecule has 0 aliphatic carbocycles. The van der Waals surface area contributed by atoms with Crippen LogP contribution in [-0.4, -0.2) is 62.7 Å². The van der Waals surface area contributed by atoms with Gasteiger partial charge in [0, 0.05) is 42.6 Å². The van der Waals surface area contributed by atoms with E-state index in [4.69, 9.17) is 24.3 Å². The van der Waals surface area contributed by atoms with Gasteiger partial charge in [0.25, 0.3) is 0 Å². The lowest BCUT2D eigenvalue weighted by Crippen LogP contribution is -2.46. The number of fused-ring (bicyclic) bond motifs is 7. The average molecular weight is 613 g/mol. The molecule has 1 fully saturated rings. The fraction of sp³-hybridized carbons (Fsp3) is 0.472. The quantitative estimate of drug-likeness (QED) is 0.258. The molecule has 7 rings (SSSR count). The van der Waals surface area contributed by atoms with Crippen LogP contribution in [-0.2, 0) is 14.3 Å². The summed E-state index contributed by atoms with van der Waals surface area (Å²) in [6.45, 7) is 13.8. The van der Waals surface area contributed by atoms with Crippen LogP contribution in [0.15, 0.2) is 54.6 Å². The average Bonchev–Trinajstić information content (AvgIpc) is 3.41. The molecule has 45 heavy (non-hydrogen) atoms. The van der Waals surface area contributed by atoms with Crippen LogP contribution < -0.4 is 9.64 Å². The molecule has 1 N–H and O–H groups in total. The van der Waals surface area contributed by atoms with Gasteiger partial charge in [0.15, 0.2) is 11.8 Å². The van der Waals surface area contributed by atoms with Crippen molar-refractivity contribution in [3.8, 4) is 28.1 Å². The van der Waals surface area contributed by atoms with Crippen LogP contribution in [0.5, 0.6) is 5.75 Å². The molecule has 0 amide bonds. The highest BCUT2D eigenvalue weighted by Crippen LogP contribution is 2.39. The maximum atomic E-state index is 12.8. The second kappa shape index (κ2) is 12.1. The maximum absolute atomic E-state index is 12.8. The number of aryl methyl sites for hydroxylation is 1. The topological polar surface area (TPSA) is 98.4 Å². The highest BCUT2D eigenvalue weighted by atomic mass is 16.5. The van der Waals surface area contributed by atoms with Gasteiger partial charge in [-0.05, 0) is 84.9 Å². The van der Waals surface area contributed by atoms with Crippen LogP contribution in [0.4, 0.5) is 5.82 Å². The number of aliphatic carboxylic acids is 1. The molecule has 0 unspecified atom stereocenters. The predicted molar refractivity (Wildman–Crippen MR) is 175 cm³/mol. The third-order valence-electron chi connectivity index (χ3n) is 8.77. The Kier molecular flexibility index (Phi) is 8.35. The number of carboxylic acids is 1. The van der Waals surface area contributed by atoms with Crippen molar-refractivity contribution in [3.05, 3.63) is 65.9 Å². The normalized spacial score (nSPS) is 21.5. The van der Waals surface area contributed by atoms with Crippen molar-refractivity contribution in [2.24, 2.45) is 0 Å². The number of anilines is 1. The number of para-hydroxylation sites is 1. The number of nitrogens with zero attached hydrogens (tertiary/aromatic N) is 4. The first-order valence-corrected chi connectivity index (χ1v) is 16.0. The molecule has 0 saturated carbocycles. The number of hydrogen-bond acceptors (Lipinski definition) is 7. The van der Waals surface area contributed by atoms with E-state index in [9.17, 15) is 9.90 Å². The van der Waals surface area contributed by atoms with Crippen LogP contribution >= 0.6 is 0 Å². The smallest absolute Gasteiger partial charge is 0.337 e. The van der Waals surface area contributed by atoms with Gasteiger partial charge in [0.05, 0.1) is 28.6 Å². The predicted octanol–water partition coefficient (Wildman–Crippen LogP) is 7.25. The van der Waals surface area contributed by atoms with E-state index in [0.29, 0.717) is 42.4 Å². The van der Waals surface area contributed by atoms with Gasteiger partial charge < -0.3 is 24.2 Å². The zero-order chi connectivity index (χ0) is 31.9. The number of aromatic nitrogens is 3. The summed E-state index contributed by atoms with van der Waals surface area (Å²) in [4.78, 5) is 19.9. The number of ether oxygens (including phenoxy) is 3. The standard InChI is InChI=1S/C36H44N4O5/c1-23-11-10-20-43-36(6)16-18-39(19-17-36)33-31(32(34(41)42)45-35(3,4)5)24(2)37-30-22-28(38-40(30)33)26-13-9-12-25(21-26)27-14-7-8-15-29(27)44-23/h7-9,12-15,21-23,32H,10-11,16-20H2,1-6H3,(H,41,42)/t23-,32+/m1/s1. The summed E-state index contributed by atoms with van der Waals surface area (Å²) in [5, 5.41) is 15.5. The Bertz CT molecular complexity index is 1700. The molecule has 6 bridgehead atoms. The van der Waals surface area contributed by atoms with Crippen molar-refractivity contribution in [1.29, 1.82) is 0 Å². The molecule has 0 spiro atoms. The number of benzene rings is 2. The lowest BCUT2D eigenvalue weighted by Gasteiger charge is -2.41. The molecule has 1 saturated heterocycles. The van der Waals surface area contributed by atoms with Crippen molar-refractivity contribution in [2.45, 2.75) is 90.6 Å². The molecule has 238 valence electrons. The number of hydrogen-bond donors (Lipinski definition) is 1. The summed E-state index contributed by atoms with van der Waals surface area (Å²) in [5.74, 6) is 0.502. The van der Waals surface area contributed by atoms with E-state index in [1.165, 1.54) is 0 Å². The van der Waals surface area contributed by atoms with E-state index < -0.39 is 17.7 Å². The number of piperidine rings is 1. The Labute approximate surface area is 265 Å². The van der Waals surface area contributed by atoms with Crippen molar-refractivity contribution >= 4 is 17.4 Å². The first-order chi connectivity index (χ1) is 21.4. The van der Waals surface area contributed by atoms with E-state index in [1.54, 1.807) is 0 Å². The molecular formula is C36H44N4O5. The molecule has 9 nitrogen and oxygen atoms in total. The molecular weight excluding hydrogens is 568 g/mol. The molecule has 3 aliphatic rings. The van der Waals surface area contributed by atoms with Gasteiger partial charge in [0.1, 0.15) is 11.6 Å². The number of carbonyl (C=O) groups is 1. The molecule has 2 atom stereocenters. The van der Waals surface area contributed by atoms with Crippen molar-refractivity contribution in [1.82, 2.24) is 14.6 Å². The van der Waals surface area contributed by atoms with Crippen LogP contribution in [0, 0.1) is 6.92 Å². The summed E-state index contributed by atoms with van der Waals surface area (Å²) in [5.41, 5.74) is 4.56. The Hall–Kier alpha value is -3.95. The van der Waals surface area contributed by atoms with Gasteiger partial charge in [-0.25, -0.2) is 9.78 Å². The minimum Gasteiger partial charge on any atom is -0.490 e. The third kappa shape index (κ3) is 6.56. The number of carboxylic acid groups (broad SMARTS) is 1. The van der Waals surface area contributed by atoms with Crippen molar-refractivity contribution in [2.75, 3.05) is 24.6 Å². The first-order valence-electron chi connectivity index (χ1n) is 16.0. The molecule has 5 heterocycles. The molecule has 2 aromatic carbocycles. The zero-order valence-electron chi connectivity index (χ0n) is 27.2. The van der Waals surface area contributed by atoms with Gasteiger partial charge in [-0.3, -0.25) is 0 Å². The summed E-state index contributed by atoms with van der Waals surface area (Å²) < 4.78 is 21.0. The molecule has 0 radical (unpaired) electrons. The third-order valence-corrected chi connectivity index (χ3v) is 8.77. The Morgan fingerprint density at radius 3 is 2.56 bits per heavy atom. The molecule has 9 heteroatoms. The summed E-state index contributed by atoms with van der Waals surface area (Å²) >= 11 is 0. The van der Waals surface area contributed by atoms with E-state index in [2.05, 4.69) is 36.9 Å². The Morgan fingerprint density at radius 1 is 1.09 bits per heavy atom. The summed E-state index contributed by atoms with van der Waals surface area (Å²) in [6.07, 6.45) is 2.20.